The third kappa shape index (κ3) is 2.75. The first-order chi connectivity index (χ1) is 6.34. The first-order valence-electron chi connectivity index (χ1n) is 4.19. The van der Waals surface area contributed by atoms with Gasteiger partial charge in [0.05, 0.1) is 12.3 Å². The normalized spacial score (nSPS) is 22.9. The molecule has 1 rings (SSSR count). The molecule has 1 aliphatic rings. The van der Waals surface area contributed by atoms with Crippen molar-refractivity contribution < 1.29 is 14.7 Å². The van der Waals surface area contributed by atoms with Gasteiger partial charge in [-0.2, -0.15) is 0 Å². The summed E-state index contributed by atoms with van der Waals surface area (Å²) >= 11 is 11.4. The number of hydrogen-bond donors (Lipinski definition) is 1. The number of carbonyl (C=O) groups excluding carboxylic acids is 1. The molecule has 1 saturated carbocycles. The molecule has 1 fully saturated rings. The first-order valence-corrected chi connectivity index (χ1v) is 4.95. The molecular weight excluding hydrogens is 229 g/mol. The molecule has 1 unspecified atom stereocenters. The number of halogens is 2. The molecule has 4 nitrogen and oxygen atoms in total. The van der Waals surface area contributed by atoms with Gasteiger partial charge in [0.2, 0.25) is 5.91 Å². The van der Waals surface area contributed by atoms with Crippen molar-refractivity contribution in [3.8, 4) is 0 Å². The smallest absolute Gasteiger partial charge is 0.305 e. The van der Waals surface area contributed by atoms with Crippen molar-refractivity contribution in [3.63, 3.8) is 0 Å². The van der Waals surface area contributed by atoms with E-state index >= 15 is 0 Å². The minimum Gasteiger partial charge on any atom is -0.481 e. The molecule has 14 heavy (non-hydrogen) atoms. The van der Waals surface area contributed by atoms with Gasteiger partial charge in [0.15, 0.2) is 0 Å². The lowest BCUT2D eigenvalue weighted by Gasteiger charge is -2.15. The fourth-order valence-electron chi connectivity index (χ4n) is 1.12. The Balaban J connectivity index is 2.35. The summed E-state index contributed by atoms with van der Waals surface area (Å²) in [5, 5.41) is 8.41. The van der Waals surface area contributed by atoms with Crippen LogP contribution in [0.25, 0.3) is 0 Å². The van der Waals surface area contributed by atoms with Crippen LogP contribution in [0.4, 0.5) is 0 Å². The number of carboxylic acids is 1. The molecule has 1 aliphatic carbocycles. The molecule has 0 bridgehead atoms. The van der Waals surface area contributed by atoms with Gasteiger partial charge in [0.1, 0.15) is 4.33 Å². The van der Waals surface area contributed by atoms with E-state index in [-0.39, 0.29) is 24.8 Å². The van der Waals surface area contributed by atoms with Crippen LogP contribution in [0.15, 0.2) is 0 Å². The van der Waals surface area contributed by atoms with Crippen molar-refractivity contribution in [3.05, 3.63) is 0 Å². The number of rotatable bonds is 4. The predicted molar refractivity (Wildman–Crippen MR) is 52.4 cm³/mol. The van der Waals surface area contributed by atoms with E-state index < -0.39 is 10.3 Å². The molecule has 0 aromatic heterocycles. The molecule has 0 aromatic carbocycles. The van der Waals surface area contributed by atoms with Gasteiger partial charge >= 0.3 is 5.97 Å². The van der Waals surface area contributed by atoms with Gasteiger partial charge < -0.3 is 10.0 Å². The molecule has 0 aliphatic heterocycles. The van der Waals surface area contributed by atoms with E-state index in [1.165, 1.54) is 4.90 Å². The average molecular weight is 240 g/mol. The van der Waals surface area contributed by atoms with Gasteiger partial charge in [-0.3, -0.25) is 9.59 Å². The highest BCUT2D eigenvalue weighted by atomic mass is 35.5. The number of amides is 1. The van der Waals surface area contributed by atoms with Crippen LogP contribution in [0.2, 0.25) is 0 Å². The zero-order chi connectivity index (χ0) is 10.9. The van der Waals surface area contributed by atoms with E-state index in [1.807, 2.05) is 0 Å². The number of aliphatic carboxylic acids is 1. The second-order valence-electron chi connectivity index (χ2n) is 3.42. The van der Waals surface area contributed by atoms with Crippen molar-refractivity contribution in [2.24, 2.45) is 5.92 Å². The fourth-order valence-corrected chi connectivity index (χ4v) is 1.62. The molecule has 0 radical (unpaired) electrons. The topological polar surface area (TPSA) is 57.6 Å². The van der Waals surface area contributed by atoms with Crippen molar-refractivity contribution in [1.82, 2.24) is 4.90 Å². The van der Waals surface area contributed by atoms with E-state index in [9.17, 15) is 9.59 Å². The van der Waals surface area contributed by atoms with Gasteiger partial charge in [0, 0.05) is 13.6 Å². The van der Waals surface area contributed by atoms with Crippen LogP contribution in [0.3, 0.4) is 0 Å². The number of nitrogens with zero attached hydrogens (tertiary/aromatic N) is 1. The number of alkyl halides is 2. The Hall–Kier alpha value is -0.480. The Labute approximate surface area is 91.8 Å². The number of carbonyl (C=O) groups is 2. The summed E-state index contributed by atoms with van der Waals surface area (Å²) in [5.41, 5.74) is 0. The van der Waals surface area contributed by atoms with Crippen LogP contribution >= 0.6 is 23.2 Å². The zero-order valence-corrected chi connectivity index (χ0v) is 9.18. The van der Waals surface area contributed by atoms with Gasteiger partial charge in [-0.05, 0) is 6.42 Å². The number of hydrogen-bond acceptors (Lipinski definition) is 2. The monoisotopic (exact) mass is 239 g/mol. The van der Waals surface area contributed by atoms with Crippen LogP contribution in [0.5, 0.6) is 0 Å². The lowest BCUT2D eigenvalue weighted by Crippen LogP contribution is -2.31. The van der Waals surface area contributed by atoms with Crippen molar-refractivity contribution in [1.29, 1.82) is 0 Å². The Morgan fingerprint density at radius 3 is 2.43 bits per heavy atom. The summed E-state index contributed by atoms with van der Waals surface area (Å²) < 4.78 is -0.936. The fraction of sp³-hybridized carbons (Fsp3) is 0.750. The predicted octanol–water partition coefficient (Wildman–Crippen LogP) is 1.11. The highest BCUT2D eigenvalue weighted by Crippen LogP contribution is 2.53. The van der Waals surface area contributed by atoms with Gasteiger partial charge in [-0.1, -0.05) is 0 Å². The van der Waals surface area contributed by atoms with Crippen molar-refractivity contribution >= 4 is 35.1 Å². The average Bonchev–Trinajstić information content (AvgIpc) is 2.69. The second-order valence-corrected chi connectivity index (χ2v) is 4.96. The Morgan fingerprint density at radius 1 is 1.57 bits per heavy atom. The second kappa shape index (κ2) is 3.95. The summed E-state index contributed by atoms with van der Waals surface area (Å²) in [6.45, 7) is 0.189. The molecular formula is C8H11Cl2NO3. The van der Waals surface area contributed by atoms with E-state index in [0.717, 1.165) is 0 Å². The maximum Gasteiger partial charge on any atom is 0.305 e. The van der Waals surface area contributed by atoms with Gasteiger partial charge in [-0.25, -0.2) is 0 Å². The van der Waals surface area contributed by atoms with E-state index in [4.69, 9.17) is 28.3 Å². The third-order valence-electron chi connectivity index (χ3n) is 2.16. The van der Waals surface area contributed by atoms with Crippen molar-refractivity contribution in [2.75, 3.05) is 13.6 Å². The SMILES string of the molecule is CN(CCC(=O)O)C(=O)C1CC1(Cl)Cl. The van der Waals surface area contributed by atoms with Crippen LogP contribution < -0.4 is 0 Å². The van der Waals surface area contributed by atoms with Crippen LogP contribution in [0.1, 0.15) is 12.8 Å². The lowest BCUT2D eigenvalue weighted by atomic mass is 10.3. The summed E-state index contributed by atoms with van der Waals surface area (Å²) in [4.78, 5) is 23.1. The molecule has 0 saturated heterocycles. The molecule has 0 aromatic rings. The van der Waals surface area contributed by atoms with Gasteiger partial charge in [-0.15, -0.1) is 23.2 Å². The maximum atomic E-state index is 11.5. The minimum absolute atomic E-state index is 0.0630. The van der Waals surface area contributed by atoms with Crippen LogP contribution in [-0.4, -0.2) is 39.8 Å². The van der Waals surface area contributed by atoms with Crippen molar-refractivity contribution in [2.45, 2.75) is 17.2 Å². The summed E-state index contributed by atoms with van der Waals surface area (Å²) in [6, 6.07) is 0. The first kappa shape index (κ1) is 11.6. The molecule has 1 amide bonds. The van der Waals surface area contributed by atoms with Gasteiger partial charge in [0.25, 0.3) is 0 Å². The van der Waals surface area contributed by atoms with E-state index in [0.29, 0.717) is 6.42 Å². The molecule has 0 heterocycles. The van der Waals surface area contributed by atoms with Crippen LogP contribution in [0, 0.1) is 5.92 Å². The third-order valence-corrected chi connectivity index (χ3v) is 3.00. The maximum absolute atomic E-state index is 11.5. The molecule has 1 atom stereocenters. The highest BCUT2D eigenvalue weighted by molar-refractivity contribution is 6.52. The zero-order valence-electron chi connectivity index (χ0n) is 7.67. The highest BCUT2D eigenvalue weighted by Gasteiger charge is 2.57. The molecule has 6 heteroatoms. The standard InChI is InChI=1S/C8H11Cl2NO3/c1-11(3-2-6(12)13)7(14)5-4-8(5,9)10/h5H,2-4H2,1H3,(H,12,13). The lowest BCUT2D eigenvalue weighted by molar-refractivity contribution is -0.138. The Morgan fingerprint density at radius 2 is 2.07 bits per heavy atom. The molecule has 80 valence electrons. The minimum atomic E-state index is -0.936. The molecule has 0 spiro atoms. The van der Waals surface area contributed by atoms with E-state index in [1.54, 1.807) is 7.05 Å². The Kier molecular flexibility index (Phi) is 3.27. The van der Waals surface area contributed by atoms with Crippen LogP contribution in [-0.2, 0) is 9.59 Å². The molecule has 1 N–H and O–H groups in total. The quantitative estimate of drug-likeness (QED) is 0.749. The Bertz CT molecular complexity index is 267. The summed E-state index contributed by atoms with van der Waals surface area (Å²) in [6.07, 6.45) is 0.388. The van der Waals surface area contributed by atoms with E-state index in [2.05, 4.69) is 0 Å². The number of carboxylic acid groups (broad SMARTS) is 1. The largest absolute Gasteiger partial charge is 0.481 e. The summed E-state index contributed by atoms with van der Waals surface area (Å²) in [5.74, 6) is -1.48. The summed E-state index contributed by atoms with van der Waals surface area (Å²) in [7, 11) is 1.55.